The lowest BCUT2D eigenvalue weighted by Gasteiger charge is -2.53. The number of benzene rings is 3. The van der Waals surface area contributed by atoms with Crippen LogP contribution in [0.15, 0.2) is 42.5 Å². The average Bonchev–Trinajstić information content (AvgIpc) is 2.85. The summed E-state index contributed by atoms with van der Waals surface area (Å²) < 4.78 is 87.1. The quantitative estimate of drug-likeness (QED) is 0.106. The van der Waals surface area contributed by atoms with Crippen molar-refractivity contribution in [2.45, 2.75) is 58.1 Å². The van der Waals surface area contributed by atoms with Gasteiger partial charge in [0, 0.05) is 10.9 Å². The van der Waals surface area contributed by atoms with Crippen LogP contribution in [0.1, 0.15) is 44.6 Å². The molecule has 11 heteroatoms. The van der Waals surface area contributed by atoms with Gasteiger partial charge in [-0.2, -0.15) is 9.48 Å². The fourth-order valence-corrected chi connectivity index (χ4v) is 6.65. The van der Waals surface area contributed by atoms with Gasteiger partial charge in [-0.05, 0) is 56.4 Å². The molecule has 0 bridgehead atoms. The van der Waals surface area contributed by atoms with E-state index in [1.54, 1.807) is 36.4 Å². The van der Waals surface area contributed by atoms with E-state index in [4.69, 9.17) is 13.8 Å². The van der Waals surface area contributed by atoms with Gasteiger partial charge in [-0.3, -0.25) is 4.79 Å². The first-order valence-electron chi connectivity index (χ1n) is 12.3. The third kappa shape index (κ3) is 4.87. The predicted molar refractivity (Wildman–Crippen MR) is 132 cm³/mol. The molecule has 6 nitrogen and oxygen atoms in total. The SMILES string of the molecule is Cc1c(F)c(F)c(F)c(F)c1OP(=O)(N[C@@H](C)C(=O)OC1CC2(CCC2)C1)Oc1cccc2ccccc12. The van der Waals surface area contributed by atoms with Gasteiger partial charge in [0.15, 0.2) is 17.4 Å². The molecule has 2 aliphatic carbocycles. The molecule has 0 aromatic heterocycles. The monoisotopic (exact) mass is 551 g/mol. The molecular formula is C27H26F4NO5P. The van der Waals surface area contributed by atoms with E-state index in [1.165, 1.54) is 13.0 Å². The van der Waals surface area contributed by atoms with Crippen molar-refractivity contribution in [3.8, 4) is 11.5 Å². The van der Waals surface area contributed by atoms with Crippen molar-refractivity contribution in [1.29, 1.82) is 0 Å². The first-order valence-corrected chi connectivity index (χ1v) is 13.8. The number of carbonyl (C=O) groups excluding carboxylic acids is 1. The number of fused-ring (bicyclic) bond motifs is 1. The number of halogens is 4. The number of rotatable bonds is 8. The molecule has 2 aliphatic rings. The minimum atomic E-state index is -4.79. The molecule has 3 aromatic carbocycles. The largest absolute Gasteiger partial charge is 0.513 e. The molecule has 0 amide bonds. The topological polar surface area (TPSA) is 73.9 Å². The summed E-state index contributed by atoms with van der Waals surface area (Å²) in [6.07, 6.45) is 4.60. The molecule has 0 aliphatic heterocycles. The second-order valence-corrected chi connectivity index (χ2v) is 11.7. The minimum absolute atomic E-state index is 0.0338. The highest BCUT2D eigenvalue weighted by atomic mass is 31.2. The smallest absolute Gasteiger partial charge is 0.461 e. The Kier molecular flexibility index (Phi) is 6.90. The molecule has 38 heavy (non-hydrogen) atoms. The van der Waals surface area contributed by atoms with Crippen LogP contribution in [-0.2, 0) is 14.1 Å². The summed E-state index contributed by atoms with van der Waals surface area (Å²) in [7, 11) is -4.79. The van der Waals surface area contributed by atoms with Gasteiger partial charge >= 0.3 is 13.7 Å². The fourth-order valence-electron chi connectivity index (χ4n) is 5.06. The van der Waals surface area contributed by atoms with Crippen molar-refractivity contribution in [1.82, 2.24) is 5.09 Å². The van der Waals surface area contributed by atoms with Crippen LogP contribution in [0.25, 0.3) is 10.8 Å². The summed E-state index contributed by atoms with van der Waals surface area (Å²) in [4.78, 5) is 12.8. The Bertz CT molecular complexity index is 1420. The summed E-state index contributed by atoms with van der Waals surface area (Å²) in [6.45, 7) is 2.28. The molecule has 0 heterocycles. The Morgan fingerprint density at radius 2 is 1.63 bits per heavy atom. The van der Waals surface area contributed by atoms with Gasteiger partial charge in [-0.1, -0.05) is 42.8 Å². The molecule has 2 fully saturated rings. The van der Waals surface area contributed by atoms with Gasteiger partial charge in [0.25, 0.3) is 0 Å². The Labute approximate surface area is 216 Å². The highest BCUT2D eigenvalue weighted by Crippen LogP contribution is 2.57. The van der Waals surface area contributed by atoms with E-state index in [-0.39, 0.29) is 17.3 Å². The molecule has 5 rings (SSSR count). The van der Waals surface area contributed by atoms with Crippen LogP contribution in [0.4, 0.5) is 17.6 Å². The molecule has 1 N–H and O–H groups in total. The van der Waals surface area contributed by atoms with Gasteiger partial charge in [-0.15, -0.1) is 0 Å². The van der Waals surface area contributed by atoms with E-state index in [9.17, 15) is 26.9 Å². The van der Waals surface area contributed by atoms with E-state index in [2.05, 4.69) is 5.09 Å². The van der Waals surface area contributed by atoms with Crippen LogP contribution in [0.2, 0.25) is 0 Å². The van der Waals surface area contributed by atoms with Gasteiger partial charge in [-0.25, -0.2) is 17.7 Å². The fraction of sp³-hybridized carbons (Fsp3) is 0.370. The lowest BCUT2D eigenvalue weighted by atomic mass is 9.55. The lowest BCUT2D eigenvalue weighted by molar-refractivity contribution is -0.169. The summed E-state index contributed by atoms with van der Waals surface area (Å²) in [5.41, 5.74) is -0.510. The number of ether oxygens (including phenoxy) is 1. The van der Waals surface area contributed by atoms with Crippen LogP contribution < -0.4 is 14.1 Å². The molecule has 3 aromatic rings. The van der Waals surface area contributed by atoms with Gasteiger partial charge in [0.05, 0.1) is 0 Å². The average molecular weight is 551 g/mol. The Hall–Kier alpha value is -3.10. The van der Waals surface area contributed by atoms with Gasteiger partial charge in [0.2, 0.25) is 11.6 Å². The molecule has 0 saturated heterocycles. The maximum Gasteiger partial charge on any atom is 0.513 e. The highest BCUT2D eigenvalue weighted by Gasteiger charge is 2.50. The van der Waals surface area contributed by atoms with Crippen molar-refractivity contribution >= 4 is 24.5 Å². The molecule has 2 saturated carbocycles. The van der Waals surface area contributed by atoms with Crippen molar-refractivity contribution < 1.29 is 40.7 Å². The van der Waals surface area contributed by atoms with E-state index in [1.807, 2.05) is 0 Å². The number of nitrogens with one attached hydrogen (secondary N) is 1. The highest BCUT2D eigenvalue weighted by molar-refractivity contribution is 7.52. The van der Waals surface area contributed by atoms with Crippen molar-refractivity contribution in [3.05, 3.63) is 71.3 Å². The standard InChI is InChI=1S/C27H26F4NO5P/c1-15-21(28)22(29)23(30)24(31)25(15)37-38(34,36-20-10-5-8-17-7-3-4-9-19(17)20)32-16(2)26(33)35-18-13-27(14-18)11-6-12-27/h3-5,7-10,16,18H,6,11-14H2,1-2H3,(H,32,34)/t16-,38?/m0/s1. The molecule has 0 radical (unpaired) electrons. The van der Waals surface area contributed by atoms with Crippen molar-refractivity contribution in [2.75, 3.05) is 0 Å². The lowest BCUT2D eigenvalue weighted by Crippen LogP contribution is -2.49. The summed E-state index contributed by atoms with van der Waals surface area (Å²) in [5.74, 6) is -9.63. The van der Waals surface area contributed by atoms with Crippen LogP contribution in [-0.4, -0.2) is 18.1 Å². The van der Waals surface area contributed by atoms with Crippen molar-refractivity contribution in [3.63, 3.8) is 0 Å². The number of carbonyl (C=O) groups is 1. The van der Waals surface area contributed by atoms with E-state index in [0.29, 0.717) is 10.8 Å². The zero-order chi connectivity index (χ0) is 27.2. The number of hydrogen-bond donors (Lipinski definition) is 1. The Morgan fingerprint density at radius 3 is 2.32 bits per heavy atom. The zero-order valence-corrected chi connectivity index (χ0v) is 21.6. The first-order chi connectivity index (χ1) is 18.0. The molecular weight excluding hydrogens is 525 g/mol. The summed E-state index contributed by atoms with van der Waals surface area (Å²) in [5, 5.41) is 3.61. The third-order valence-electron chi connectivity index (χ3n) is 7.35. The molecule has 2 atom stereocenters. The zero-order valence-electron chi connectivity index (χ0n) is 20.7. The Morgan fingerprint density at radius 1 is 0.974 bits per heavy atom. The van der Waals surface area contributed by atoms with Crippen LogP contribution in [0, 0.1) is 35.6 Å². The van der Waals surface area contributed by atoms with E-state index >= 15 is 0 Å². The molecule has 202 valence electrons. The number of hydrogen-bond acceptors (Lipinski definition) is 5. The second-order valence-electron chi connectivity index (χ2n) is 10.0. The summed E-state index contributed by atoms with van der Waals surface area (Å²) >= 11 is 0. The van der Waals surface area contributed by atoms with Crippen LogP contribution in [0.3, 0.4) is 0 Å². The van der Waals surface area contributed by atoms with E-state index < -0.39 is 54.3 Å². The van der Waals surface area contributed by atoms with Crippen LogP contribution in [0.5, 0.6) is 11.5 Å². The maximum absolute atomic E-state index is 14.7. The second kappa shape index (κ2) is 9.89. The Balaban J connectivity index is 1.43. The van der Waals surface area contributed by atoms with Gasteiger partial charge in [0.1, 0.15) is 17.9 Å². The predicted octanol–water partition coefficient (Wildman–Crippen LogP) is 7.12. The number of esters is 1. The first kappa shape index (κ1) is 26.5. The maximum atomic E-state index is 14.7. The normalized spacial score (nSPS) is 18.8. The van der Waals surface area contributed by atoms with Gasteiger partial charge < -0.3 is 13.8 Å². The van der Waals surface area contributed by atoms with Crippen LogP contribution >= 0.6 is 7.75 Å². The third-order valence-corrected chi connectivity index (χ3v) is 8.91. The molecule has 1 spiro atoms. The van der Waals surface area contributed by atoms with E-state index in [0.717, 1.165) is 39.0 Å². The van der Waals surface area contributed by atoms with Crippen molar-refractivity contribution in [2.24, 2.45) is 5.41 Å². The molecule has 1 unspecified atom stereocenters. The summed E-state index contributed by atoms with van der Waals surface area (Å²) in [6, 6.07) is 10.5. The minimum Gasteiger partial charge on any atom is -0.461 e.